The van der Waals surface area contributed by atoms with Crippen LogP contribution in [0.1, 0.15) is 31.7 Å². The first-order valence-electron chi connectivity index (χ1n) is 14.2. The molecule has 4 N–H and O–H groups in total. The Balaban J connectivity index is 1.47. The third-order valence-electron chi connectivity index (χ3n) is 8.99. The van der Waals surface area contributed by atoms with Crippen LogP contribution in [-0.2, 0) is 5.41 Å². The summed E-state index contributed by atoms with van der Waals surface area (Å²) in [6, 6.07) is 31.7. The molecule has 6 heteroatoms. The Morgan fingerprint density at radius 2 is 1.00 bits per heavy atom. The number of hydrogen-bond donors (Lipinski definition) is 4. The van der Waals surface area contributed by atoms with Crippen LogP contribution in [0.3, 0.4) is 0 Å². The molecule has 0 radical (unpaired) electrons. The fourth-order valence-electron chi connectivity index (χ4n) is 6.28. The maximum absolute atomic E-state index is 11.6. The number of para-hydroxylation sites is 2. The van der Waals surface area contributed by atoms with Gasteiger partial charge in [0.2, 0.25) is 0 Å². The fourth-order valence-corrected chi connectivity index (χ4v) is 6.28. The van der Waals surface area contributed by atoms with Gasteiger partial charge in [0.25, 0.3) is 0 Å². The minimum atomic E-state index is -0.360. The molecule has 0 saturated carbocycles. The van der Waals surface area contributed by atoms with Gasteiger partial charge in [-0.25, -0.2) is 9.97 Å². The number of aromatic nitrogens is 4. The number of H-pyrrole nitrogens is 2. The summed E-state index contributed by atoms with van der Waals surface area (Å²) in [5.74, 6) is 0.344. The summed E-state index contributed by atoms with van der Waals surface area (Å²) in [5.41, 5.74) is 8.87. The van der Waals surface area contributed by atoms with Crippen LogP contribution < -0.4 is 0 Å². The van der Waals surface area contributed by atoms with Gasteiger partial charge in [-0.15, -0.1) is 0 Å². The van der Waals surface area contributed by atoms with E-state index in [1.54, 1.807) is 0 Å². The number of hydrogen-bond acceptors (Lipinski definition) is 4. The Hall–Kier alpha value is -5.36. The van der Waals surface area contributed by atoms with Crippen LogP contribution in [-0.4, -0.2) is 30.1 Å². The molecule has 1 aliphatic heterocycles. The molecule has 0 atom stereocenters. The van der Waals surface area contributed by atoms with Crippen LogP contribution in [0.25, 0.3) is 66.8 Å². The number of benzene rings is 3. The Morgan fingerprint density at radius 3 is 1.45 bits per heavy atom. The monoisotopic (exact) mass is 548 g/mol. The molecular weight excluding hydrogens is 520 g/mol. The van der Waals surface area contributed by atoms with Crippen molar-refractivity contribution in [3.05, 3.63) is 108 Å². The van der Waals surface area contributed by atoms with Gasteiger partial charge in [-0.05, 0) is 74.0 Å². The molecule has 0 aliphatic carbocycles. The van der Waals surface area contributed by atoms with Gasteiger partial charge in [-0.2, -0.15) is 0 Å². The highest BCUT2D eigenvalue weighted by molar-refractivity contribution is 6.04. The Labute approximate surface area is 242 Å². The van der Waals surface area contributed by atoms with Gasteiger partial charge < -0.3 is 20.2 Å². The molecule has 204 valence electrons. The second-order valence-electron chi connectivity index (χ2n) is 11.3. The predicted octanol–water partition coefficient (Wildman–Crippen LogP) is 8.55. The van der Waals surface area contributed by atoms with Crippen LogP contribution in [0.5, 0.6) is 11.5 Å². The number of fused-ring (bicyclic) bond motifs is 14. The van der Waals surface area contributed by atoms with Crippen molar-refractivity contribution in [1.82, 2.24) is 19.9 Å². The maximum Gasteiger partial charge on any atom is 0.134 e. The van der Waals surface area contributed by atoms with E-state index in [1.807, 2.05) is 84.9 Å². The van der Waals surface area contributed by atoms with E-state index in [-0.39, 0.29) is 16.9 Å². The number of rotatable bonds is 1. The van der Waals surface area contributed by atoms with Gasteiger partial charge in [0.05, 0.1) is 22.4 Å². The molecule has 0 unspecified atom stereocenters. The molecule has 6 nitrogen and oxygen atoms in total. The molecule has 0 saturated heterocycles. The highest BCUT2D eigenvalue weighted by atomic mass is 16.3. The topological polar surface area (TPSA) is 97.8 Å². The number of nitrogens with one attached hydrogen (secondary N) is 2. The summed E-state index contributed by atoms with van der Waals surface area (Å²) < 4.78 is 0. The van der Waals surface area contributed by atoms with E-state index >= 15 is 0 Å². The largest absolute Gasteiger partial charge is 0.507 e. The SMILES string of the molecule is CCC1(C)c2ccc([nH]2)-c2cccc(c2O)-c2ccc3ccc4ccc(nc4c3n2)-c2cccc(c2O)-c2ccc1[nH]2. The standard InChI is InChI=1S/C36H28N4O2/c1-3-36(2)30-18-16-26(37-30)22-6-4-8-24(34(22)41)28-14-12-20-10-11-21-13-15-29(40-33(21)32(20)39-28)25-9-5-7-23(35(25)42)27-17-19-31(36)38-27/h4-19,37-38,41-42H,3H2,1-2H3. The fraction of sp³-hybridized carbons (Fsp3) is 0.111. The van der Waals surface area contributed by atoms with E-state index in [9.17, 15) is 10.2 Å². The lowest BCUT2D eigenvalue weighted by Crippen LogP contribution is -2.23. The van der Waals surface area contributed by atoms with Crippen molar-refractivity contribution < 1.29 is 10.2 Å². The van der Waals surface area contributed by atoms with E-state index in [0.29, 0.717) is 33.6 Å². The number of phenolic OH excluding ortho intramolecular Hbond substituents is 2. The summed E-state index contributed by atoms with van der Waals surface area (Å²) >= 11 is 0. The Bertz CT molecular complexity index is 2040. The molecule has 5 heterocycles. The molecular formula is C36H28N4O2. The molecule has 0 amide bonds. The quantitative estimate of drug-likeness (QED) is 0.155. The van der Waals surface area contributed by atoms with Crippen LogP contribution in [0, 0.1) is 0 Å². The number of aromatic amines is 2. The average Bonchev–Trinajstić information content (AvgIpc) is 3.72. The molecule has 1 aliphatic rings. The zero-order chi connectivity index (χ0) is 28.6. The summed E-state index contributed by atoms with van der Waals surface area (Å²) in [4.78, 5) is 17.3. The molecule has 0 fully saturated rings. The molecule has 3 aromatic carbocycles. The van der Waals surface area contributed by atoms with Crippen molar-refractivity contribution in [2.24, 2.45) is 0 Å². The lowest BCUT2D eigenvalue weighted by Gasteiger charge is -2.26. The first-order valence-corrected chi connectivity index (χ1v) is 14.2. The second-order valence-corrected chi connectivity index (χ2v) is 11.3. The summed E-state index contributed by atoms with van der Waals surface area (Å²) in [6.07, 6.45) is 0.830. The number of aromatic hydroxyl groups is 2. The lowest BCUT2D eigenvalue weighted by atomic mass is 9.81. The average molecular weight is 549 g/mol. The molecule has 42 heavy (non-hydrogen) atoms. The van der Waals surface area contributed by atoms with Crippen LogP contribution in [0.15, 0.2) is 97.1 Å². The maximum atomic E-state index is 11.6. The first-order chi connectivity index (χ1) is 20.4. The molecule has 7 aromatic rings. The van der Waals surface area contributed by atoms with Gasteiger partial charge in [-0.1, -0.05) is 43.3 Å². The molecule has 12 bridgehead atoms. The summed E-state index contributed by atoms with van der Waals surface area (Å²) in [6.45, 7) is 4.36. The van der Waals surface area contributed by atoms with Crippen molar-refractivity contribution in [2.45, 2.75) is 25.7 Å². The normalized spacial score (nSPS) is 13.5. The highest BCUT2D eigenvalue weighted by Crippen LogP contribution is 2.43. The van der Waals surface area contributed by atoms with Crippen molar-refractivity contribution >= 4 is 21.8 Å². The van der Waals surface area contributed by atoms with Gasteiger partial charge >= 0.3 is 0 Å². The number of nitrogens with zero attached hydrogens (tertiary/aromatic N) is 2. The Morgan fingerprint density at radius 1 is 0.571 bits per heavy atom. The highest BCUT2D eigenvalue weighted by Gasteiger charge is 2.31. The van der Waals surface area contributed by atoms with Crippen LogP contribution in [0.4, 0.5) is 0 Å². The zero-order valence-electron chi connectivity index (χ0n) is 23.2. The molecule has 0 spiro atoms. The first kappa shape index (κ1) is 24.4. The third kappa shape index (κ3) is 3.45. The van der Waals surface area contributed by atoms with Gasteiger partial charge in [0, 0.05) is 61.2 Å². The Kier molecular flexibility index (Phi) is 5.13. The third-order valence-corrected chi connectivity index (χ3v) is 8.99. The summed E-state index contributed by atoms with van der Waals surface area (Å²) in [5, 5.41) is 25.0. The molecule has 4 aromatic heterocycles. The molecule has 8 rings (SSSR count). The van der Waals surface area contributed by atoms with Gasteiger partial charge in [0.15, 0.2) is 0 Å². The van der Waals surface area contributed by atoms with Gasteiger partial charge in [0.1, 0.15) is 11.5 Å². The van der Waals surface area contributed by atoms with Crippen molar-refractivity contribution in [1.29, 1.82) is 0 Å². The van der Waals surface area contributed by atoms with Crippen molar-refractivity contribution in [3.63, 3.8) is 0 Å². The number of phenols is 2. The van der Waals surface area contributed by atoms with Crippen molar-refractivity contribution in [2.75, 3.05) is 0 Å². The van der Waals surface area contributed by atoms with E-state index in [0.717, 1.165) is 51.0 Å². The summed E-state index contributed by atoms with van der Waals surface area (Å²) in [7, 11) is 0. The van der Waals surface area contributed by atoms with Crippen LogP contribution in [0.2, 0.25) is 0 Å². The van der Waals surface area contributed by atoms with Gasteiger partial charge in [-0.3, -0.25) is 0 Å². The van der Waals surface area contributed by atoms with E-state index in [1.165, 1.54) is 0 Å². The second kappa shape index (κ2) is 8.82. The van der Waals surface area contributed by atoms with Crippen molar-refractivity contribution in [3.8, 4) is 56.5 Å². The minimum Gasteiger partial charge on any atom is -0.507 e. The predicted molar refractivity (Wildman–Crippen MR) is 168 cm³/mol. The van der Waals surface area contributed by atoms with Crippen LogP contribution >= 0.6 is 0 Å². The number of pyridine rings is 2. The van der Waals surface area contributed by atoms with E-state index < -0.39 is 0 Å². The zero-order valence-corrected chi connectivity index (χ0v) is 23.2. The van der Waals surface area contributed by atoms with E-state index in [2.05, 4.69) is 35.9 Å². The smallest absolute Gasteiger partial charge is 0.134 e. The lowest BCUT2D eigenvalue weighted by molar-refractivity contribution is 0.478. The minimum absolute atomic E-state index is 0.172. The van der Waals surface area contributed by atoms with E-state index in [4.69, 9.17) is 9.97 Å².